The molecule has 0 heteroatoms. The topological polar surface area (TPSA) is 0 Å². The molecule has 1 spiro atoms. The highest BCUT2D eigenvalue weighted by Crippen LogP contribution is 2.76. The Balaban J connectivity index is 2.25. The molecule has 198 valence electrons. The van der Waals surface area contributed by atoms with Crippen LogP contribution in [0.15, 0.2) is 24.3 Å². The van der Waals surface area contributed by atoms with Crippen molar-refractivity contribution >= 4 is 0 Å². The molecule has 1 fully saturated rings. The van der Waals surface area contributed by atoms with Crippen molar-refractivity contribution in [3.63, 3.8) is 0 Å². The van der Waals surface area contributed by atoms with Gasteiger partial charge in [-0.25, -0.2) is 0 Å². The van der Waals surface area contributed by atoms with E-state index in [9.17, 15) is 0 Å². The van der Waals surface area contributed by atoms with E-state index in [0.29, 0.717) is 0 Å². The molecule has 0 unspecified atom stereocenters. The SMILES string of the molecule is CC(C)(C)c1cc2c(cc1C(C)(C)C)C1(c3cc(C(C)(C)C)c(C(C)(C)C)cc3-2)C(C)(C)CC1(C)C. The van der Waals surface area contributed by atoms with Crippen molar-refractivity contribution in [2.24, 2.45) is 10.8 Å². The van der Waals surface area contributed by atoms with E-state index < -0.39 is 0 Å². The fourth-order valence-electron chi connectivity index (χ4n) is 8.53. The molecule has 0 saturated heterocycles. The standard InChI is InChI=1S/C36H54/c1-30(2,3)26-17-22-23-18-27(31(4,5)6)29(33(10,11)12)20-25(23)36(34(13,14)21-35(36,15)16)24(22)19-28(26)32(7,8)9/h17-20H,21H2,1-16H3. The van der Waals surface area contributed by atoms with E-state index in [1.807, 2.05) is 0 Å². The van der Waals surface area contributed by atoms with Gasteiger partial charge in [0.1, 0.15) is 0 Å². The minimum absolute atomic E-state index is 0.0253. The van der Waals surface area contributed by atoms with E-state index in [1.54, 1.807) is 11.1 Å². The Morgan fingerprint density at radius 2 is 0.694 bits per heavy atom. The van der Waals surface area contributed by atoms with Gasteiger partial charge in [0.2, 0.25) is 0 Å². The maximum Gasteiger partial charge on any atom is 0.0317 e. The number of rotatable bonds is 0. The Kier molecular flexibility index (Phi) is 5.57. The van der Waals surface area contributed by atoms with Crippen LogP contribution >= 0.6 is 0 Å². The summed E-state index contributed by atoms with van der Waals surface area (Å²) in [6.07, 6.45) is 1.25. The van der Waals surface area contributed by atoms with Gasteiger partial charge < -0.3 is 0 Å². The fourth-order valence-corrected chi connectivity index (χ4v) is 8.53. The summed E-state index contributed by atoms with van der Waals surface area (Å²) in [5.74, 6) is 0. The fraction of sp³-hybridized carbons (Fsp3) is 0.667. The van der Waals surface area contributed by atoms with Crippen LogP contribution in [0.3, 0.4) is 0 Å². The lowest BCUT2D eigenvalue weighted by molar-refractivity contribution is -0.0859. The molecule has 0 bridgehead atoms. The Labute approximate surface area is 223 Å². The van der Waals surface area contributed by atoms with Crippen molar-refractivity contribution < 1.29 is 0 Å². The molecule has 2 aliphatic carbocycles. The predicted molar refractivity (Wildman–Crippen MR) is 160 cm³/mol. The summed E-state index contributed by atoms with van der Waals surface area (Å²) in [5.41, 5.74) is 13.0. The molecule has 0 aromatic heterocycles. The third-order valence-corrected chi connectivity index (χ3v) is 9.56. The molecular weight excluding hydrogens is 432 g/mol. The highest BCUT2D eigenvalue weighted by molar-refractivity contribution is 5.86. The van der Waals surface area contributed by atoms with Gasteiger partial charge in [-0.2, -0.15) is 0 Å². The summed E-state index contributed by atoms with van der Waals surface area (Å²) >= 11 is 0. The highest BCUT2D eigenvalue weighted by atomic mass is 14.7. The van der Waals surface area contributed by atoms with Crippen molar-refractivity contribution in [2.75, 3.05) is 0 Å². The smallest absolute Gasteiger partial charge is 0.0317 e. The Hall–Kier alpha value is -1.56. The molecule has 1 saturated carbocycles. The molecule has 0 amide bonds. The van der Waals surface area contributed by atoms with Crippen LogP contribution in [0.4, 0.5) is 0 Å². The molecule has 2 aromatic carbocycles. The van der Waals surface area contributed by atoms with E-state index in [1.165, 1.54) is 39.8 Å². The monoisotopic (exact) mass is 486 g/mol. The third-order valence-electron chi connectivity index (χ3n) is 9.56. The molecule has 0 heterocycles. The van der Waals surface area contributed by atoms with Gasteiger partial charge >= 0.3 is 0 Å². The number of hydrogen-bond acceptors (Lipinski definition) is 0. The van der Waals surface area contributed by atoms with Crippen LogP contribution in [0.2, 0.25) is 0 Å². The van der Waals surface area contributed by atoms with Crippen LogP contribution in [0, 0.1) is 10.8 Å². The van der Waals surface area contributed by atoms with E-state index in [4.69, 9.17) is 0 Å². The Bertz CT molecular complexity index is 1120. The van der Waals surface area contributed by atoms with Gasteiger partial charge in [-0.1, -0.05) is 135 Å². The van der Waals surface area contributed by atoms with Gasteiger partial charge in [0.05, 0.1) is 0 Å². The number of hydrogen-bond donors (Lipinski definition) is 0. The van der Waals surface area contributed by atoms with Gasteiger partial charge in [0.15, 0.2) is 0 Å². The minimum atomic E-state index is 0.0253. The van der Waals surface area contributed by atoms with Gasteiger partial charge in [0.25, 0.3) is 0 Å². The van der Waals surface area contributed by atoms with Crippen LogP contribution < -0.4 is 0 Å². The Morgan fingerprint density at radius 3 is 0.917 bits per heavy atom. The summed E-state index contributed by atoms with van der Waals surface area (Å²) in [7, 11) is 0. The second-order valence-electron chi connectivity index (χ2n) is 17.6. The molecule has 0 N–H and O–H groups in total. The van der Waals surface area contributed by atoms with Crippen LogP contribution in [0.1, 0.15) is 151 Å². The lowest BCUT2D eigenvalue weighted by Gasteiger charge is -2.67. The van der Waals surface area contributed by atoms with Crippen molar-refractivity contribution in [1.29, 1.82) is 0 Å². The highest BCUT2D eigenvalue weighted by Gasteiger charge is 2.69. The molecular formula is C36H54. The molecule has 36 heavy (non-hydrogen) atoms. The first-order valence-electron chi connectivity index (χ1n) is 14.3. The zero-order valence-electron chi connectivity index (χ0n) is 26.5. The van der Waals surface area contributed by atoms with E-state index >= 15 is 0 Å². The molecule has 2 aromatic rings. The maximum absolute atomic E-state index is 2.66. The zero-order chi connectivity index (χ0) is 27.7. The first-order valence-corrected chi connectivity index (χ1v) is 14.3. The number of benzene rings is 2. The summed E-state index contributed by atoms with van der Waals surface area (Å²) in [6.45, 7) is 38.8. The predicted octanol–water partition coefficient (Wildman–Crippen LogP) is 10.6. The maximum atomic E-state index is 2.66. The normalized spacial score (nSPS) is 20.2. The van der Waals surface area contributed by atoms with Crippen molar-refractivity contribution in [3.8, 4) is 11.1 Å². The van der Waals surface area contributed by atoms with Gasteiger partial charge in [-0.05, 0) is 83.4 Å². The number of fused-ring (bicyclic) bond motifs is 5. The van der Waals surface area contributed by atoms with E-state index in [0.717, 1.165) is 0 Å². The third kappa shape index (κ3) is 3.60. The Morgan fingerprint density at radius 1 is 0.444 bits per heavy atom. The molecule has 2 aliphatic rings. The lowest BCUT2D eigenvalue weighted by Crippen LogP contribution is -2.63. The van der Waals surface area contributed by atoms with Gasteiger partial charge in [-0.15, -0.1) is 0 Å². The first kappa shape index (κ1) is 27.5. The second-order valence-corrected chi connectivity index (χ2v) is 17.6. The quantitative estimate of drug-likeness (QED) is 0.347. The first-order chi connectivity index (χ1) is 15.9. The van der Waals surface area contributed by atoms with Crippen LogP contribution in [-0.4, -0.2) is 0 Å². The van der Waals surface area contributed by atoms with Crippen LogP contribution in [0.5, 0.6) is 0 Å². The van der Waals surface area contributed by atoms with Crippen LogP contribution in [0.25, 0.3) is 11.1 Å². The largest absolute Gasteiger partial charge is 0.0587 e. The summed E-state index contributed by atoms with van der Waals surface area (Å²) in [4.78, 5) is 0. The molecule has 0 aliphatic heterocycles. The molecule has 4 rings (SSSR count). The second kappa shape index (κ2) is 7.30. The van der Waals surface area contributed by atoms with Gasteiger partial charge in [0, 0.05) is 5.41 Å². The summed E-state index contributed by atoms with van der Waals surface area (Å²) < 4.78 is 0. The lowest BCUT2D eigenvalue weighted by atomic mass is 9.35. The average molecular weight is 487 g/mol. The molecule has 0 radical (unpaired) electrons. The van der Waals surface area contributed by atoms with Crippen molar-refractivity contribution in [3.05, 3.63) is 57.6 Å². The van der Waals surface area contributed by atoms with Gasteiger partial charge in [-0.3, -0.25) is 0 Å². The van der Waals surface area contributed by atoms with Crippen molar-refractivity contribution in [1.82, 2.24) is 0 Å². The molecule has 0 atom stereocenters. The summed E-state index contributed by atoms with van der Waals surface area (Å²) in [6, 6.07) is 10.5. The van der Waals surface area contributed by atoms with Crippen LogP contribution in [-0.2, 0) is 27.1 Å². The molecule has 0 nitrogen and oxygen atoms in total. The average Bonchev–Trinajstić information content (AvgIpc) is 2.94. The minimum Gasteiger partial charge on any atom is -0.0587 e. The van der Waals surface area contributed by atoms with Crippen molar-refractivity contribution in [2.45, 2.75) is 144 Å². The van der Waals surface area contributed by atoms with E-state index in [2.05, 4.69) is 135 Å². The zero-order valence-corrected chi connectivity index (χ0v) is 26.5. The van der Waals surface area contributed by atoms with E-state index in [-0.39, 0.29) is 37.9 Å². The summed E-state index contributed by atoms with van der Waals surface area (Å²) in [5, 5.41) is 0.